The number of rotatable bonds is 3. The summed E-state index contributed by atoms with van der Waals surface area (Å²) in [6.07, 6.45) is 4.56. The fraction of sp³-hybridized carbons (Fsp3) is 0.444. The van der Waals surface area contributed by atoms with E-state index in [0.717, 1.165) is 12.1 Å². The molecule has 0 spiro atoms. The van der Waals surface area contributed by atoms with Crippen LogP contribution in [-0.4, -0.2) is 15.9 Å². The number of aryl methyl sites for hydroxylation is 1. The fourth-order valence-electron chi connectivity index (χ4n) is 0.833. The minimum absolute atomic E-state index is 0.0430. The summed E-state index contributed by atoms with van der Waals surface area (Å²) >= 11 is 0. The Hall–Kier alpha value is -1.45. The van der Waals surface area contributed by atoms with Gasteiger partial charge in [0.1, 0.15) is 0 Å². The number of carbonyl (C=O) groups excluding carboxylic acids is 1. The largest absolute Gasteiger partial charge is 0.309 e. The highest BCUT2D eigenvalue weighted by atomic mass is 16.1. The van der Waals surface area contributed by atoms with Gasteiger partial charge in [-0.15, -0.1) is 0 Å². The summed E-state index contributed by atoms with van der Waals surface area (Å²) in [5, 5.41) is 2.63. The van der Waals surface area contributed by atoms with Crippen molar-refractivity contribution >= 4 is 11.7 Å². The van der Waals surface area contributed by atoms with E-state index in [1.807, 2.05) is 6.92 Å². The normalized spacial score (nSPS) is 9.69. The molecule has 0 aliphatic heterocycles. The maximum Gasteiger partial charge on any atom is 0.225 e. The monoisotopic (exact) mass is 179 g/mol. The lowest BCUT2D eigenvalue weighted by Gasteiger charge is -2.01. The maximum absolute atomic E-state index is 11.0. The molecule has 13 heavy (non-hydrogen) atoms. The van der Waals surface area contributed by atoms with Gasteiger partial charge in [-0.3, -0.25) is 9.78 Å². The Morgan fingerprint density at radius 2 is 2.15 bits per heavy atom. The number of hydrogen-bond acceptors (Lipinski definition) is 3. The summed E-state index contributed by atoms with van der Waals surface area (Å²) < 4.78 is 0. The second-order valence-corrected chi connectivity index (χ2v) is 2.65. The van der Waals surface area contributed by atoms with Crippen LogP contribution in [-0.2, 0) is 11.2 Å². The first kappa shape index (κ1) is 9.64. The van der Waals surface area contributed by atoms with Gasteiger partial charge in [-0.05, 0) is 6.42 Å². The molecule has 1 aromatic heterocycles. The third kappa shape index (κ3) is 2.82. The number of nitrogens with one attached hydrogen (secondary N) is 1. The number of anilines is 1. The lowest BCUT2D eigenvalue weighted by molar-refractivity contribution is -0.115. The predicted octanol–water partition coefficient (Wildman–Crippen LogP) is 1.39. The summed E-state index contributed by atoms with van der Waals surface area (Å²) in [5.74, 6) is 0.475. The van der Waals surface area contributed by atoms with E-state index < -0.39 is 0 Å². The molecular formula is C9H13N3O. The van der Waals surface area contributed by atoms with Gasteiger partial charge in [-0.1, -0.05) is 13.8 Å². The van der Waals surface area contributed by atoms with E-state index in [-0.39, 0.29) is 5.91 Å². The Morgan fingerprint density at radius 3 is 2.62 bits per heavy atom. The van der Waals surface area contributed by atoms with Gasteiger partial charge in [0.25, 0.3) is 0 Å². The van der Waals surface area contributed by atoms with Crippen molar-refractivity contribution in [2.24, 2.45) is 0 Å². The molecule has 4 heteroatoms. The molecule has 1 aromatic rings. The molecule has 70 valence electrons. The summed E-state index contributed by atoms with van der Waals surface area (Å²) in [4.78, 5) is 19.1. The standard InChI is InChI=1S/C9H13N3O/c1-3-7-5-11-8(6-10-7)12-9(13)4-2/h5-6H,3-4H2,1-2H3,(H,11,12,13). The highest BCUT2D eigenvalue weighted by Crippen LogP contribution is 2.01. The van der Waals surface area contributed by atoms with Gasteiger partial charge in [-0.25, -0.2) is 4.98 Å². The van der Waals surface area contributed by atoms with Crippen molar-refractivity contribution in [1.82, 2.24) is 9.97 Å². The first-order chi connectivity index (χ1) is 6.26. The van der Waals surface area contributed by atoms with E-state index in [1.54, 1.807) is 19.3 Å². The van der Waals surface area contributed by atoms with E-state index in [9.17, 15) is 4.79 Å². The Morgan fingerprint density at radius 1 is 1.38 bits per heavy atom. The molecule has 0 radical (unpaired) electrons. The molecule has 0 bridgehead atoms. The molecule has 0 unspecified atom stereocenters. The summed E-state index contributed by atoms with van der Waals surface area (Å²) in [7, 11) is 0. The van der Waals surface area contributed by atoms with Crippen molar-refractivity contribution < 1.29 is 4.79 Å². The first-order valence-electron chi connectivity index (χ1n) is 4.37. The molecular weight excluding hydrogens is 166 g/mol. The second-order valence-electron chi connectivity index (χ2n) is 2.65. The Bertz CT molecular complexity index is 281. The second kappa shape index (κ2) is 4.54. The number of amides is 1. The van der Waals surface area contributed by atoms with E-state index in [1.165, 1.54) is 0 Å². The quantitative estimate of drug-likeness (QED) is 0.762. The fourth-order valence-corrected chi connectivity index (χ4v) is 0.833. The first-order valence-corrected chi connectivity index (χ1v) is 4.37. The molecule has 0 aliphatic carbocycles. The van der Waals surface area contributed by atoms with Gasteiger partial charge in [-0.2, -0.15) is 0 Å². The van der Waals surface area contributed by atoms with E-state index >= 15 is 0 Å². The van der Waals surface area contributed by atoms with Crippen LogP contribution in [0.1, 0.15) is 26.0 Å². The smallest absolute Gasteiger partial charge is 0.225 e. The molecule has 0 atom stereocenters. The van der Waals surface area contributed by atoms with Crippen LogP contribution in [0.2, 0.25) is 0 Å². The van der Waals surface area contributed by atoms with Gasteiger partial charge in [0, 0.05) is 6.42 Å². The zero-order valence-electron chi connectivity index (χ0n) is 7.87. The van der Waals surface area contributed by atoms with Crippen LogP contribution in [0.15, 0.2) is 12.4 Å². The van der Waals surface area contributed by atoms with Crippen molar-refractivity contribution in [2.75, 3.05) is 5.32 Å². The van der Waals surface area contributed by atoms with Crippen molar-refractivity contribution in [3.63, 3.8) is 0 Å². The third-order valence-corrected chi connectivity index (χ3v) is 1.66. The molecule has 0 fully saturated rings. The number of carbonyl (C=O) groups is 1. The number of hydrogen-bond donors (Lipinski definition) is 1. The predicted molar refractivity (Wildman–Crippen MR) is 50.3 cm³/mol. The third-order valence-electron chi connectivity index (χ3n) is 1.66. The van der Waals surface area contributed by atoms with Crippen molar-refractivity contribution in [3.05, 3.63) is 18.1 Å². The van der Waals surface area contributed by atoms with E-state index in [2.05, 4.69) is 15.3 Å². The van der Waals surface area contributed by atoms with Crippen LogP contribution in [0.25, 0.3) is 0 Å². The van der Waals surface area contributed by atoms with Crippen LogP contribution >= 0.6 is 0 Å². The van der Waals surface area contributed by atoms with E-state index in [4.69, 9.17) is 0 Å². The average molecular weight is 179 g/mol. The summed E-state index contributed by atoms with van der Waals surface area (Å²) in [6.45, 7) is 3.80. The van der Waals surface area contributed by atoms with Crippen LogP contribution < -0.4 is 5.32 Å². The van der Waals surface area contributed by atoms with Crippen LogP contribution in [0, 0.1) is 0 Å². The Kier molecular flexibility index (Phi) is 3.37. The molecule has 1 heterocycles. The van der Waals surface area contributed by atoms with Gasteiger partial charge >= 0.3 is 0 Å². The highest BCUT2D eigenvalue weighted by Gasteiger charge is 1.99. The van der Waals surface area contributed by atoms with E-state index in [0.29, 0.717) is 12.2 Å². The molecule has 1 N–H and O–H groups in total. The SMILES string of the molecule is CCC(=O)Nc1cnc(CC)cn1. The topological polar surface area (TPSA) is 54.9 Å². The molecule has 0 aromatic carbocycles. The zero-order valence-corrected chi connectivity index (χ0v) is 7.87. The van der Waals surface area contributed by atoms with Crippen LogP contribution in [0.5, 0.6) is 0 Å². The Balaban J connectivity index is 2.64. The molecule has 0 aliphatic rings. The van der Waals surface area contributed by atoms with Crippen LogP contribution in [0.4, 0.5) is 5.82 Å². The van der Waals surface area contributed by atoms with Gasteiger partial charge < -0.3 is 5.32 Å². The minimum Gasteiger partial charge on any atom is -0.309 e. The number of aromatic nitrogens is 2. The van der Waals surface area contributed by atoms with Gasteiger partial charge in [0.2, 0.25) is 5.91 Å². The molecule has 1 rings (SSSR count). The average Bonchev–Trinajstić information content (AvgIpc) is 2.19. The lowest BCUT2D eigenvalue weighted by Crippen LogP contribution is -2.11. The van der Waals surface area contributed by atoms with Crippen molar-refractivity contribution in [3.8, 4) is 0 Å². The molecule has 4 nitrogen and oxygen atoms in total. The summed E-state index contributed by atoms with van der Waals surface area (Å²) in [6, 6.07) is 0. The van der Waals surface area contributed by atoms with Crippen LogP contribution in [0.3, 0.4) is 0 Å². The highest BCUT2D eigenvalue weighted by molar-refractivity contribution is 5.89. The lowest BCUT2D eigenvalue weighted by atomic mass is 10.3. The molecule has 0 saturated carbocycles. The molecule has 0 saturated heterocycles. The summed E-state index contributed by atoms with van der Waals surface area (Å²) in [5.41, 5.74) is 0.925. The van der Waals surface area contributed by atoms with Crippen molar-refractivity contribution in [2.45, 2.75) is 26.7 Å². The van der Waals surface area contributed by atoms with Gasteiger partial charge in [0.15, 0.2) is 5.82 Å². The van der Waals surface area contributed by atoms with Crippen molar-refractivity contribution in [1.29, 1.82) is 0 Å². The molecule has 1 amide bonds. The Labute approximate surface area is 77.4 Å². The minimum atomic E-state index is -0.0430. The van der Waals surface area contributed by atoms with Gasteiger partial charge in [0.05, 0.1) is 18.1 Å². The maximum atomic E-state index is 11.0. The number of nitrogens with zero attached hydrogens (tertiary/aromatic N) is 2. The zero-order chi connectivity index (χ0) is 9.68.